The third-order valence-corrected chi connectivity index (χ3v) is 5.19. The Morgan fingerprint density at radius 3 is 2.95 bits per heavy atom. The SMILES string of the molecule is CCN(C(C)=O)c1nc(CN2CC(CN)CCC2C)cs1. The molecule has 2 rings (SSSR count). The molecular weight excluding hydrogens is 284 g/mol. The minimum Gasteiger partial charge on any atom is -0.330 e. The van der Waals surface area contributed by atoms with Crippen molar-refractivity contribution in [1.82, 2.24) is 9.88 Å². The number of nitrogens with zero attached hydrogens (tertiary/aromatic N) is 3. The van der Waals surface area contributed by atoms with E-state index in [1.54, 1.807) is 23.2 Å². The molecule has 0 aromatic carbocycles. The van der Waals surface area contributed by atoms with Gasteiger partial charge in [-0.15, -0.1) is 11.3 Å². The Morgan fingerprint density at radius 2 is 2.33 bits per heavy atom. The van der Waals surface area contributed by atoms with E-state index >= 15 is 0 Å². The fourth-order valence-corrected chi connectivity index (χ4v) is 3.79. The van der Waals surface area contributed by atoms with Crippen LogP contribution in [-0.2, 0) is 11.3 Å². The summed E-state index contributed by atoms with van der Waals surface area (Å²) in [4.78, 5) is 20.4. The van der Waals surface area contributed by atoms with Crippen LogP contribution in [0, 0.1) is 5.92 Å². The van der Waals surface area contributed by atoms with Gasteiger partial charge in [-0.2, -0.15) is 0 Å². The first-order chi connectivity index (χ1) is 10.0. The van der Waals surface area contributed by atoms with Gasteiger partial charge in [0.15, 0.2) is 5.13 Å². The van der Waals surface area contributed by atoms with Crippen LogP contribution in [0.4, 0.5) is 5.13 Å². The van der Waals surface area contributed by atoms with E-state index in [0.717, 1.165) is 30.5 Å². The number of carbonyl (C=O) groups is 1. The highest BCUT2D eigenvalue weighted by Crippen LogP contribution is 2.26. The summed E-state index contributed by atoms with van der Waals surface area (Å²) < 4.78 is 0. The summed E-state index contributed by atoms with van der Waals surface area (Å²) in [5.41, 5.74) is 6.87. The largest absolute Gasteiger partial charge is 0.330 e. The van der Waals surface area contributed by atoms with Gasteiger partial charge in [-0.05, 0) is 39.2 Å². The zero-order valence-electron chi connectivity index (χ0n) is 13.2. The number of thiazole rings is 1. The molecule has 0 aliphatic carbocycles. The predicted molar refractivity (Wildman–Crippen MR) is 87.5 cm³/mol. The molecule has 0 spiro atoms. The first kappa shape index (κ1) is 16.4. The maximum atomic E-state index is 11.6. The summed E-state index contributed by atoms with van der Waals surface area (Å²) in [6, 6.07) is 0.577. The first-order valence-electron chi connectivity index (χ1n) is 7.71. The molecule has 21 heavy (non-hydrogen) atoms. The van der Waals surface area contributed by atoms with Crippen molar-refractivity contribution < 1.29 is 4.79 Å². The van der Waals surface area contributed by atoms with Crippen molar-refractivity contribution in [2.75, 3.05) is 24.5 Å². The predicted octanol–water partition coefficient (Wildman–Crippen LogP) is 2.08. The lowest BCUT2D eigenvalue weighted by Gasteiger charge is -2.37. The van der Waals surface area contributed by atoms with Crippen LogP contribution in [-0.4, -0.2) is 41.5 Å². The van der Waals surface area contributed by atoms with Crippen molar-refractivity contribution >= 4 is 22.4 Å². The quantitative estimate of drug-likeness (QED) is 0.904. The second kappa shape index (κ2) is 7.33. The Bertz CT molecular complexity index is 476. The minimum absolute atomic E-state index is 0.0490. The van der Waals surface area contributed by atoms with Crippen molar-refractivity contribution in [3.63, 3.8) is 0 Å². The summed E-state index contributed by atoms with van der Waals surface area (Å²) in [6.07, 6.45) is 2.43. The van der Waals surface area contributed by atoms with Gasteiger partial charge in [0.1, 0.15) is 0 Å². The highest BCUT2D eigenvalue weighted by atomic mass is 32.1. The van der Waals surface area contributed by atoms with Gasteiger partial charge in [0.25, 0.3) is 0 Å². The highest BCUT2D eigenvalue weighted by Gasteiger charge is 2.25. The van der Waals surface area contributed by atoms with Crippen molar-refractivity contribution in [2.45, 2.75) is 46.2 Å². The van der Waals surface area contributed by atoms with E-state index in [9.17, 15) is 4.79 Å². The van der Waals surface area contributed by atoms with Crippen LogP contribution in [0.15, 0.2) is 5.38 Å². The molecule has 2 heterocycles. The average molecular weight is 310 g/mol. The van der Waals surface area contributed by atoms with Crippen LogP contribution in [0.1, 0.15) is 39.3 Å². The number of aromatic nitrogens is 1. The number of hydrogen-bond donors (Lipinski definition) is 1. The van der Waals surface area contributed by atoms with Crippen LogP contribution in [0.5, 0.6) is 0 Å². The van der Waals surface area contributed by atoms with Gasteiger partial charge in [0.2, 0.25) is 5.91 Å². The molecule has 118 valence electrons. The van der Waals surface area contributed by atoms with Gasteiger partial charge in [0.05, 0.1) is 5.69 Å². The molecule has 2 unspecified atom stereocenters. The van der Waals surface area contributed by atoms with E-state index < -0.39 is 0 Å². The Labute approximate surface area is 131 Å². The number of amides is 1. The Balaban J connectivity index is 2.02. The van der Waals surface area contributed by atoms with Gasteiger partial charge in [-0.1, -0.05) is 0 Å². The van der Waals surface area contributed by atoms with Crippen molar-refractivity contribution in [3.05, 3.63) is 11.1 Å². The Morgan fingerprint density at radius 1 is 1.57 bits per heavy atom. The molecular formula is C15H26N4OS. The molecule has 5 nitrogen and oxygen atoms in total. The molecule has 1 aromatic heterocycles. The van der Waals surface area contributed by atoms with Gasteiger partial charge in [-0.3, -0.25) is 14.6 Å². The van der Waals surface area contributed by atoms with E-state index in [0.29, 0.717) is 18.5 Å². The van der Waals surface area contributed by atoms with Crippen LogP contribution >= 0.6 is 11.3 Å². The molecule has 1 aliphatic rings. The molecule has 2 atom stereocenters. The topological polar surface area (TPSA) is 62.5 Å². The summed E-state index contributed by atoms with van der Waals surface area (Å²) in [7, 11) is 0. The lowest BCUT2D eigenvalue weighted by Crippen LogP contribution is -2.43. The van der Waals surface area contributed by atoms with Gasteiger partial charge < -0.3 is 5.73 Å². The summed E-state index contributed by atoms with van der Waals surface area (Å²) in [5, 5.41) is 2.87. The zero-order chi connectivity index (χ0) is 15.4. The summed E-state index contributed by atoms with van der Waals surface area (Å²) in [6.45, 7) is 9.16. The maximum Gasteiger partial charge on any atom is 0.225 e. The number of anilines is 1. The van der Waals surface area contributed by atoms with Crippen LogP contribution in [0.2, 0.25) is 0 Å². The number of rotatable bonds is 5. The smallest absolute Gasteiger partial charge is 0.225 e. The lowest BCUT2D eigenvalue weighted by molar-refractivity contribution is -0.116. The van der Waals surface area contributed by atoms with Crippen LogP contribution in [0.25, 0.3) is 0 Å². The number of likely N-dealkylation sites (tertiary alicyclic amines) is 1. The summed E-state index contributed by atoms with van der Waals surface area (Å²) >= 11 is 1.55. The van der Waals surface area contributed by atoms with Gasteiger partial charge in [-0.25, -0.2) is 4.98 Å². The van der Waals surface area contributed by atoms with Crippen LogP contribution < -0.4 is 10.6 Å². The van der Waals surface area contributed by atoms with E-state index in [2.05, 4.69) is 22.2 Å². The maximum absolute atomic E-state index is 11.6. The molecule has 6 heteroatoms. The molecule has 1 aliphatic heterocycles. The molecule has 0 bridgehead atoms. The fourth-order valence-electron chi connectivity index (χ4n) is 2.87. The van der Waals surface area contributed by atoms with Crippen molar-refractivity contribution in [2.24, 2.45) is 11.7 Å². The Kier molecular flexibility index (Phi) is 5.72. The third-order valence-electron chi connectivity index (χ3n) is 4.27. The monoisotopic (exact) mass is 310 g/mol. The first-order valence-corrected chi connectivity index (χ1v) is 8.59. The molecule has 1 fully saturated rings. The minimum atomic E-state index is 0.0490. The fraction of sp³-hybridized carbons (Fsp3) is 0.733. The molecule has 1 aromatic rings. The second-order valence-corrected chi connectivity index (χ2v) is 6.68. The van der Waals surface area contributed by atoms with Crippen molar-refractivity contribution in [3.8, 4) is 0 Å². The molecule has 1 saturated heterocycles. The van der Waals surface area contributed by atoms with Crippen molar-refractivity contribution in [1.29, 1.82) is 0 Å². The summed E-state index contributed by atoms with van der Waals surface area (Å²) in [5.74, 6) is 0.650. The van der Waals surface area contributed by atoms with E-state index in [4.69, 9.17) is 5.73 Å². The molecule has 0 saturated carbocycles. The van der Waals surface area contributed by atoms with E-state index in [1.807, 2.05) is 6.92 Å². The van der Waals surface area contributed by atoms with Gasteiger partial charge >= 0.3 is 0 Å². The standard InChI is InChI=1S/C15H26N4OS/c1-4-19(12(3)20)15-17-14(10-21-15)9-18-8-13(7-16)6-5-11(18)2/h10-11,13H,4-9,16H2,1-3H3. The lowest BCUT2D eigenvalue weighted by atomic mass is 9.93. The van der Waals surface area contributed by atoms with Gasteiger partial charge in [0, 0.05) is 38.0 Å². The van der Waals surface area contributed by atoms with E-state index in [1.165, 1.54) is 12.8 Å². The molecule has 2 N–H and O–H groups in total. The number of hydrogen-bond acceptors (Lipinski definition) is 5. The van der Waals surface area contributed by atoms with E-state index in [-0.39, 0.29) is 5.91 Å². The molecule has 0 radical (unpaired) electrons. The average Bonchev–Trinajstić information content (AvgIpc) is 2.90. The normalized spacial score (nSPS) is 23.2. The Hall–Kier alpha value is -0.980. The second-order valence-electron chi connectivity index (χ2n) is 5.84. The highest BCUT2D eigenvalue weighted by molar-refractivity contribution is 7.14. The number of piperidine rings is 1. The third kappa shape index (κ3) is 4.02. The van der Waals surface area contributed by atoms with Crippen LogP contribution in [0.3, 0.4) is 0 Å². The zero-order valence-corrected chi connectivity index (χ0v) is 14.0. The molecule has 1 amide bonds. The number of nitrogens with two attached hydrogens (primary N) is 1. The number of carbonyl (C=O) groups excluding carboxylic acids is 1.